The second-order valence-electron chi connectivity index (χ2n) is 7.50. The Balaban J connectivity index is 0.000000380. The second-order valence-corrected chi connectivity index (χ2v) is 7.50. The van der Waals surface area contributed by atoms with Crippen molar-refractivity contribution >= 4 is 29.9 Å². The summed E-state index contributed by atoms with van der Waals surface area (Å²) in [7, 11) is 3.58. The lowest BCUT2D eigenvalue weighted by Gasteiger charge is -2.24. The lowest BCUT2D eigenvalue weighted by atomic mass is 10.1. The molecule has 1 amide bonds. The monoisotopic (exact) mass is 437 g/mol. The minimum Gasteiger partial charge on any atom is -0.361 e. The highest BCUT2D eigenvalue weighted by atomic mass is 16.2. The fraction of sp³-hybridized carbons (Fsp3) is 0.417. The average molecular weight is 438 g/mol. The zero-order valence-corrected chi connectivity index (χ0v) is 19.6. The number of hydrazine groups is 1. The molecule has 1 heterocycles. The molecule has 2 aliphatic rings. The van der Waals surface area contributed by atoms with Crippen molar-refractivity contribution < 1.29 is 4.79 Å². The van der Waals surface area contributed by atoms with Crippen molar-refractivity contribution in [3.8, 4) is 0 Å². The number of rotatable bonds is 4. The quantitative estimate of drug-likeness (QED) is 0.339. The van der Waals surface area contributed by atoms with E-state index in [9.17, 15) is 4.79 Å². The fourth-order valence-electron chi connectivity index (χ4n) is 3.47. The van der Waals surface area contributed by atoms with E-state index in [0.717, 1.165) is 43.8 Å². The Kier molecular flexibility index (Phi) is 10.3. The summed E-state index contributed by atoms with van der Waals surface area (Å²) in [5, 5.41) is 5.31. The summed E-state index contributed by atoms with van der Waals surface area (Å²) in [6.07, 6.45) is 13.5. The van der Waals surface area contributed by atoms with Crippen LogP contribution in [0.2, 0.25) is 0 Å². The van der Waals surface area contributed by atoms with Gasteiger partial charge in [0, 0.05) is 58.6 Å². The summed E-state index contributed by atoms with van der Waals surface area (Å²) in [5.41, 5.74) is 3.37. The van der Waals surface area contributed by atoms with E-state index in [1.807, 2.05) is 61.6 Å². The first-order valence-electron chi connectivity index (χ1n) is 10.9. The number of nitrogens with two attached hydrogens (primary N) is 1. The SMILES string of the molecule is C/C=N\N(N)c1ccc(C)cc1C(=O)N1CCCN(C=NC)CC1.CN=C1C=CC=CC1. The predicted molar refractivity (Wildman–Crippen MR) is 135 cm³/mol. The lowest BCUT2D eigenvalue weighted by Crippen LogP contribution is -2.36. The molecular weight excluding hydrogens is 402 g/mol. The number of allylic oxidation sites excluding steroid dienone is 4. The number of benzene rings is 1. The molecule has 8 heteroatoms. The highest BCUT2D eigenvalue weighted by Gasteiger charge is 2.23. The molecule has 172 valence electrons. The number of aryl methyl sites for hydroxylation is 1. The molecule has 0 atom stereocenters. The summed E-state index contributed by atoms with van der Waals surface area (Å²) in [5.74, 6) is 5.95. The first-order chi connectivity index (χ1) is 15.5. The van der Waals surface area contributed by atoms with Crippen molar-refractivity contribution in [1.29, 1.82) is 0 Å². The van der Waals surface area contributed by atoms with E-state index in [1.54, 1.807) is 20.2 Å². The van der Waals surface area contributed by atoms with Gasteiger partial charge in [-0.15, -0.1) is 0 Å². The zero-order valence-electron chi connectivity index (χ0n) is 19.6. The molecule has 0 saturated carbocycles. The molecule has 1 aromatic carbocycles. The van der Waals surface area contributed by atoms with E-state index < -0.39 is 0 Å². The molecule has 8 nitrogen and oxygen atoms in total. The molecule has 0 bridgehead atoms. The van der Waals surface area contributed by atoms with Crippen molar-refractivity contribution in [1.82, 2.24) is 9.80 Å². The first kappa shape index (κ1) is 25.0. The number of anilines is 1. The molecule has 1 aliphatic heterocycles. The van der Waals surface area contributed by atoms with Gasteiger partial charge in [-0.1, -0.05) is 29.9 Å². The van der Waals surface area contributed by atoms with Gasteiger partial charge in [-0.3, -0.25) is 14.8 Å². The van der Waals surface area contributed by atoms with Crippen LogP contribution in [0.5, 0.6) is 0 Å². The number of hydrogen-bond acceptors (Lipinski definition) is 6. The summed E-state index contributed by atoms with van der Waals surface area (Å²) < 4.78 is 0. The van der Waals surface area contributed by atoms with Gasteiger partial charge in [0.2, 0.25) is 0 Å². The Morgan fingerprint density at radius 1 is 1.16 bits per heavy atom. The standard InChI is InChI=1S/C17H26N6O.C7H9N/c1-4-20-23(18)16-7-6-14(2)12-15(16)17(24)22-9-5-8-21(10-11-22)13-19-3;1-8-7-5-3-2-4-6-7/h4,6-7,12-13H,5,8-11,18H2,1-3H3;2-5H,6H2,1H3/b19-13?,20-4-;. The van der Waals surface area contributed by atoms with Crippen LogP contribution in [0.25, 0.3) is 0 Å². The van der Waals surface area contributed by atoms with Crippen LogP contribution in [-0.4, -0.2) is 74.2 Å². The third kappa shape index (κ3) is 7.46. The number of carbonyl (C=O) groups excluding carboxylic acids is 1. The molecule has 1 aromatic rings. The number of carbonyl (C=O) groups is 1. The minimum atomic E-state index is -0.00857. The van der Waals surface area contributed by atoms with E-state index in [0.29, 0.717) is 17.8 Å². The van der Waals surface area contributed by atoms with Gasteiger partial charge in [0.1, 0.15) is 0 Å². The Morgan fingerprint density at radius 2 is 1.97 bits per heavy atom. The normalized spacial score (nSPS) is 17.6. The van der Waals surface area contributed by atoms with Crippen molar-refractivity contribution in [2.45, 2.75) is 26.7 Å². The smallest absolute Gasteiger partial charge is 0.256 e. The first-order valence-corrected chi connectivity index (χ1v) is 10.9. The van der Waals surface area contributed by atoms with Gasteiger partial charge in [-0.05, 0) is 38.5 Å². The molecule has 3 rings (SSSR count). The highest BCUT2D eigenvalue weighted by molar-refractivity contribution is 6.00. The van der Waals surface area contributed by atoms with Crippen molar-refractivity contribution in [2.24, 2.45) is 20.9 Å². The summed E-state index contributed by atoms with van der Waals surface area (Å²) >= 11 is 0. The van der Waals surface area contributed by atoms with E-state index in [4.69, 9.17) is 5.84 Å². The Bertz CT molecular complexity index is 902. The van der Waals surface area contributed by atoms with Crippen LogP contribution in [0.15, 0.2) is 57.6 Å². The molecule has 2 N–H and O–H groups in total. The summed E-state index contributed by atoms with van der Waals surface area (Å²) in [6, 6.07) is 5.64. The Labute approximate surface area is 191 Å². The van der Waals surface area contributed by atoms with E-state index >= 15 is 0 Å². The number of aliphatic imine (C=N–C) groups is 2. The molecule has 1 fully saturated rings. The van der Waals surface area contributed by atoms with Crippen LogP contribution in [0.1, 0.15) is 35.7 Å². The van der Waals surface area contributed by atoms with E-state index in [1.165, 1.54) is 5.12 Å². The number of nitrogens with zero attached hydrogens (tertiary/aromatic N) is 6. The topological polar surface area (TPSA) is 89.9 Å². The third-order valence-electron chi connectivity index (χ3n) is 5.12. The molecular formula is C24H35N7O. The maximum Gasteiger partial charge on any atom is 0.256 e. The maximum atomic E-state index is 13.0. The number of amides is 1. The number of hydrazone groups is 1. The summed E-state index contributed by atoms with van der Waals surface area (Å²) in [4.78, 5) is 25.1. The largest absolute Gasteiger partial charge is 0.361 e. The molecule has 1 aliphatic carbocycles. The van der Waals surface area contributed by atoms with Crippen LogP contribution in [0.3, 0.4) is 0 Å². The minimum absolute atomic E-state index is 0.00857. The van der Waals surface area contributed by atoms with Crippen LogP contribution < -0.4 is 11.0 Å². The molecule has 0 unspecified atom stereocenters. The van der Waals surface area contributed by atoms with Crippen molar-refractivity contribution in [3.05, 3.63) is 53.6 Å². The molecule has 0 spiro atoms. The lowest BCUT2D eigenvalue weighted by molar-refractivity contribution is 0.0764. The van der Waals surface area contributed by atoms with Gasteiger partial charge in [0.05, 0.1) is 17.6 Å². The van der Waals surface area contributed by atoms with E-state index in [-0.39, 0.29) is 5.91 Å². The zero-order chi connectivity index (χ0) is 23.3. The van der Waals surface area contributed by atoms with Gasteiger partial charge in [0.15, 0.2) is 0 Å². The second kappa shape index (κ2) is 13.2. The van der Waals surface area contributed by atoms with Gasteiger partial charge in [-0.2, -0.15) is 10.2 Å². The third-order valence-corrected chi connectivity index (χ3v) is 5.12. The molecule has 0 aromatic heterocycles. The number of hydrogen-bond donors (Lipinski definition) is 1. The predicted octanol–water partition coefficient (Wildman–Crippen LogP) is 3.06. The highest BCUT2D eigenvalue weighted by Crippen LogP contribution is 2.22. The Morgan fingerprint density at radius 3 is 2.59 bits per heavy atom. The van der Waals surface area contributed by atoms with Crippen molar-refractivity contribution in [2.75, 3.05) is 45.4 Å². The van der Waals surface area contributed by atoms with Crippen molar-refractivity contribution in [3.63, 3.8) is 0 Å². The van der Waals surface area contributed by atoms with Crippen LogP contribution in [0.4, 0.5) is 5.69 Å². The van der Waals surface area contributed by atoms with Gasteiger partial charge in [0.25, 0.3) is 5.91 Å². The van der Waals surface area contributed by atoms with Crippen LogP contribution >= 0.6 is 0 Å². The average Bonchev–Trinajstić information content (AvgIpc) is 3.05. The van der Waals surface area contributed by atoms with Gasteiger partial charge < -0.3 is 9.80 Å². The van der Waals surface area contributed by atoms with E-state index in [2.05, 4.69) is 26.1 Å². The fourth-order valence-corrected chi connectivity index (χ4v) is 3.47. The van der Waals surface area contributed by atoms with Crippen LogP contribution in [0, 0.1) is 6.92 Å². The van der Waals surface area contributed by atoms with Gasteiger partial charge >= 0.3 is 0 Å². The van der Waals surface area contributed by atoms with Crippen LogP contribution in [-0.2, 0) is 0 Å². The molecule has 0 radical (unpaired) electrons. The molecule has 1 saturated heterocycles. The summed E-state index contributed by atoms with van der Waals surface area (Å²) in [6.45, 7) is 6.83. The van der Waals surface area contributed by atoms with Gasteiger partial charge in [-0.25, -0.2) is 5.84 Å². The maximum absolute atomic E-state index is 13.0. The molecule has 32 heavy (non-hydrogen) atoms. The Hall–Kier alpha value is -3.26.